The van der Waals surface area contributed by atoms with Gasteiger partial charge in [-0.05, 0) is 22.3 Å². The van der Waals surface area contributed by atoms with E-state index in [4.69, 9.17) is 0 Å². The average Bonchev–Trinajstić information content (AvgIpc) is 3.25. The van der Waals surface area contributed by atoms with Gasteiger partial charge in [-0.15, -0.1) is 0 Å². The highest BCUT2D eigenvalue weighted by Gasteiger charge is 2.21. The van der Waals surface area contributed by atoms with E-state index in [0.717, 1.165) is 22.9 Å². The van der Waals surface area contributed by atoms with Gasteiger partial charge < -0.3 is 0 Å². The van der Waals surface area contributed by atoms with Gasteiger partial charge in [0.15, 0.2) is 19.7 Å². The first kappa shape index (κ1) is 21.9. The predicted octanol–water partition coefficient (Wildman–Crippen LogP) is 4.42. The molecule has 4 heterocycles. The summed E-state index contributed by atoms with van der Waals surface area (Å²) in [5.41, 5.74) is 5.49. The van der Waals surface area contributed by atoms with Crippen molar-refractivity contribution in [2.75, 3.05) is 0 Å². The maximum Gasteiger partial charge on any atom is 0.158 e. The SMILES string of the molecule is O=S1(=O)Cc2ccc(cc2)-c2nsnc2-c2ccc(cc2)CS(=O)(=O)Cc2ccccc2C1. The number of fused-ring (bicyclic) bond motifs is 2. The van der Waals surface area contributed by atoms with Crippen LogP contribution in [0.15, 0.2) is 72.8 Å². The van der Waals surface area contributed by atoms with Crippen LogP contribution in [0.5, 0.6) is 0 Å². The van der Waals surface area contributed by atoms with E-state index in [2.05, 4.69) is 8.75 Å². The maximum absolute atomic E-state index is 12.9. The zero-order valence-corrected chi connectivity index (χ0v) is 20.0. The second-order valence-electron chi connectivity index (χ2n) is 8.19. The molecule has 168 valence electrons. The zero-order valence-electron chi connectivity index (χ0n) is 17.5. The topological polar surface area (TPSA) is 94.1 Å². The summed E-state index contributed by atoms with van der Waals surface area (Å²) in [5.74, 6) is -0.681. The Balaban J connectivity index is 1.63. The Bertz CT molecular complexity index is 1410. The van der Waals surface area contributed by atoms with E-state index in [1.54, 1.807) is 48.5 Å². The summed E-state index contributed by atoms with van der Waals surface area (Å²) in [6, 6.07) is 21.5. The lowest BCUT2D eigenvalue weighted by Crippen LogP contribution is -2.13. The van der Waals surface area contributed by atoms with Gasteiger partial charge in [0.05, 0.1) is 34.7 Å². The van der Waals surface area contributed by atoms with E-state index in [0.29, 0.717) is 33.6 Å². The molecule has 7 rings (SSSR count). The van der Waals surface area contributed by atoms with Gasteiger partial charge >= 0.3 is 0 Å². The lowest BCUT2D eigenvalue weighted by atomic mass is 10.0. The summed E-state index contributed by atoms with van der Waals surface area (Å²) in [4.78, 5) is 0. The van der Waals surface area contributed by atoms with Crippen LogP contribution in [0.1, 0.15) is 22.3 Å². The Morgan fingerprint density at radius 2 is 0.939 bits per heavy atom. The van der Waals surface area contributed by atoms with Gasteiger partial charge in [-0.2, -0.15) is 8.75 Å². The number of nitrogens with zero attached hydrogens (tertiary/aromatic N) is 2. The van der Waals surface area contributed by atoms with Crippen LogP contribution in [0.3, 0.4) is 0 Å². The predicted molar refractivity (Wildman–Crippen MR) is 130 cm³/mol. The van der Waals surface area contributed by atoms with Crippen LogP contribution >= 0.6 is 11.7 Å². The van der Waals surface area contributed by atoms with Crippen molar-refractivity contribution in [3.8, 4) is 22.5 Å². The quantitative estimate of drug-likeness (QED) is 0.358. The molecule has 3 aliphatic heterocycles. The molecule has 0 N–H and O–H groups in total. The third kappa shape index (κ3) is 4.90. The molecule has 33 heavy (non-hydrogen) atoms. The molecular weight excluding hydrogens is 476 g/mol. The Labute approximate surface area is 197 Å². The Kier molecular flexibility index (Phi) is 5.64. The number of sulfone groups is 2. The minimum absolute atomic E-state index is 0.128. The molecule has 9 heteroatoms. The zero-order chi connectivity index (χ0) is 23.1. The lowest BCUT2D eigenvalue weighted by molar-refractivity contribution is 0.590. The molecule has 0 unspecified atom stereocenters. The third-order valence-electron chi connectivity index (χ3n) is 5.59. The lowest BCUT2D eigenvalue weighted by Gasteiger charge is -2.12. The van der Waals surface area contributed by atoms with Crippen LogP contribution < -0.4 is 0 Å². The van der Waals surface area contributed by atoms with Crippen LogP contribution in [0.2, 0.25) is 0 Å². The van der Waals surface area contributed by atoms with Gasteiger partial charge in [0.25, 0.3) is 0 Å². The smallest absolute Gasteiger partial charge is 0.158 e. The first-order valence-electron chi connectivity index (χ1n) is 10.3. The fourth-order valence-corrected chi connectivity index (χ4v) is 7.71. The molecular formula is C24H20N2O4S3. The van der Waals surface area contributed by atoms with E-state index in [1.165, 1.54) is 0 Å². The molecule has 1 aromatic heterocycles. The van der Waals surface area contributed by atoms with Gasteiger partial charge in [-0.3, -0.25) is 0 Å². The normalized spacial score (nSPS) is 17.0. The van der Waals surface area contributed by atoms with Crippen LogP contribution in [-0.2, 0) is 42.7 Å². The largest absolute Gasteiger partial charge is 0.228 e. The number of benzene rings is 3. The van der Waals surface area contributed by atoms with Gasteiger partial charge in [0.1, 0.15) is 11.4 Å². The third-order valence-corrected chi connectivity index (χ3v) is 9.16. The maximum atomic E-state index is 12.9. The van der Waals surface area contributed by atoms with Crippen molar-refractivity contribution in [2.45, 2.75) is 23.0 Å². The summed E-state index contributed by atoms with van der Waals surface area (Å²) in [7, 11) is -7.01. The standard InChI is InChI=1S/C24H20N2O4S3/c27-32(28)13-17-5-9-19(10-6-17)23-24(26-31-25-23)20-11-7-18(8-12-20)14-33(29,30)16-22-4-2-1-3-21(22)15-32/h1-12H,13-16H2. The molecule has 0 atom stereocenters. The molecule has 4 bridgehead atoms. The van der Waals surface area contributed by atoms with E-state index >= 15 is 0 Å². The second-order valence-corrected chi connectivity index (χ2v) is 12.8. The highest BCUT2D eigenvalue weighted by atomic mass is 32.2. The molecule has 0 radical (unpaired) electrons. The van der Waals surface area contributed by atoms with Crippen LogP contribution in [0.4, 0.5) is 0 Å². The van der Waals surface area contributed by atoms with Crippen LogP contribution in [-0.4, -0.2) is 25.6 Å². The molecule has 6 nitrogen and oxygen atoms in total. The highest BCUT2D eigenvalue weighted by molar-refractivity contribution is 7.90. The van der Waals surface area contributed by atoms with Crippen molar-refractivity contribution in [1.29, 1.82) is 0 Å². The van der Waals surface area contributed by atoms with Gasteiger partial charge in [0.2, 0.25) is 0 Å². The van der Waals surface area contributed by atoms with Crippen molar-refractivity contribution in [2.24, 2.45) is 0 Å². The van der Waals surface area contributed by atoms with E-state index in [9.17, 15) is 16.8 Å². The van der Waals surface area contributed by atoms with Crippen molar-refractivity contribution >= 4 is 31.4 Å². The Morgan fingerprint density at radius 3 is 1.33 bits per heavy atom. The van der Waals surface area contributed by atoms with Crippen LogP contribution in [0.25, 0.3) is 22.5 Å². The summed E-state index contributed by atoms with van der Waals surface area (Å²) in [6.07, 6.45) is 0. The number of hydrogen-bond donors (Lipinski definition) is 0. The van der Waals surface area contributed by atoms with E-state index < -0.39 is 19.7 Å². The first-order valence-corrected chi connectivity index (χ1v) is 14.6. The fraction of sp³-hybridized carbons (Fsp3) is 0.167. The average molecular weight is 497 g/mol. The molecule has 0 spiro atoms. The first-order chi connectivity index (χ1) is 15.8. The minimum atomic E-state index is -3.51. The van der Waals surface area contributed by atoms with Gasteiger partial charge in [-0.25, -0.2) is 16.8 Å². The molecule has 0 amide bonds. The molecule has 4 aromatic rings. The summed E-state index contributed by atoms with van der Waals surface area (Å²) in [5, 5.41) is 0. The monoisotopic (exact) mass is 496 g/mol. The van der Waals surface area contributed by atoms with Crippen LogP contribution in [0, 0.1) is 0 Å². The molecule has 0 aliphatic carbocycles. The van der Waals surface area contributed by atoms with Crippen molar-refractivity contribution < 1.29 is 16.8 Å². The molecule has 3 aliphatic rings. The minimum Gasteiger partial charge on any atom is -0.228 e. The molecule has 0 saturated heterocycles. The fourth-order valence-electron chi connectivity index (χ4n) is 4.01. The summed E-state index contributed by atoms with van der Waals surface area (Å²) < 4.78 is 60.6. The summed E-state index contributed by atoms with van der Waals surface area (Å²) in [6.45, 7) is 0. The molecule has 0 fully saturated rings. The van der Waals surface area contributed by atoms with Crippen molar-refractivity contribution in [3.63, 3.8) is 0 Å². The molecule has 3 aromatic carbocycles. The number of rotatable bonds is 0. The van der Waals surface area contributed by atoms with Gasteiger partial charge in [0, 0.05) is 11.1 Å². The van der Waals surface area contributed by atoms with Gasteiger partial charge in [-0.1, -0.05) is 72.8 Å². The number of hydrogen-bond acceptors (Lipinski definition) is 7. The second kappa shape index (κ2) is 8.48. The summed E-state index contributed by atoms with van der Waals surface area (Å²) >= 11 is 1.10. The Hall–Kier alpha value is -2.88. The Morgan fingerprint density at radius 1 is 0.545 bits per heavy atom. The van der Waals surface area contributed by atoms with Crippen molar-refractivity contribution in [1.82, 2.24) is 8.75 Å². The molecule has 0 saturated carbocycles. The number of aromatic nitrogens is 2. The van der Waals surface area contributed by atoms with Crippen molar-refractivity contribution in [3.05, 3.63) is 95.1 Å². The highest BCUT2D eigenvalue weighted by Crippen LogP contribution is 2.31. The van der Waals surface area contributed by atoms with E-state index in [-0.39, 0.29) is 23.0 Å². The van der Waals surface area contributed by atoms with E-state index in [1.807, 2.05) is 24.3 Å².